The van der Waals surface area contributed by atoms with E-state index in [1.54, 1.807) is 25.1 Å². The first-order valence-electron chi connectivity index (χ1n) is 5.23. The largest absolute Gasteiger partial charge is 0.326 e. The molecule has 1 atom stereocenters. The van der Waals surface area contributed by atoms with E-state index in [9.17, 15) is 9.59 Å². The molecule has 2 amide bonds. The molecule has 0 saturated carbocycles. The van der Waals surface area contributed by atoms with Crippen molar-refractivity contribution in [3.63, 3.8) is 0 Å². The average molecular weight is 255 g/mol. The second kappa shape index (κ2) is 5.68. The zero-order chi connectivity index (χ0) is 13.0. The number of carbonyl (C=O) groups excluding carboxylic acids is 2. The van der Waals surface area contributed by atoms with E-state index >= 15 is 0 Å². The lowest BCUT2D eigenvalue weighted by atomic mass is 10.1. The molecule has 0 saturated heterocycles. The molecule has 0 unspecified atom stereocenters. The highest BCUT2D eigenvalue weighted by Gasteiger charge is 2.09. The third-order valence-electron chi connectivity index (χ3n) is 2.17. The highest BCUT2D eigenvalue weighted by Crippen LogP contribution is 2.20. The van der Waals surface area contributed by atoms with E-state index in [0.29, 0.717) is 5.69 Å². The number of hydrogen-bond donors (Lipinski definition) is 2. The molecule has 17 heavy (non-hydrogen) atoms. The Hall–Kier alpha value is -1.55. The van der Waals surface area contributed by atoms with Crippen molar-refractivity contribution in [3.05, 3.63) is 23.8 Å². The fourth-order valence-corrected chi connectivity index (χ4v) is 1.37. The number of halogens is 1. The highest BCUT2D eigenvalue weighted by molar-refractivity contribution is 6.32. The van der Waals surface area contributed by atoms with E-state index in [-0.39, 0.29) is 11.8 Å². The molecule has 0 heterocycles. The van der Waals surface area contributed by atoms with Crippen LogP contribution >= 0.6 is 11.6 Å². The van der Waals surface area contributed by atoms with Crippen LogP contribution in [0.25, 0.3) is 0 Å². The molecular weight excluding hydrogens is 240 g/mol. The Balaban J connectivity index is 2.82. The van der Waals surface area contributed by atoms with Crippen LogP contribution < -0.4 is 10.6 Å². The predicted octanol–water partition coefficient (Wildman–Crippen LogP) is 2.52. The van der Waals surface area contributed by atoms with Gasteiger partial charge < -0.3 is 10.6 Å². The van der Waals surface area contributed by atoms with Gasteiger partial charge in [0.2, 0.25) is 11.8 Å². The maximum Gasteiger partial charge on any atom is 0.242 e. The van der Waals surface area contributed by atoms with Crippen LogP contribution in [0.1, 0.15) is 19.4 Å². The summed E-state index contributed by atoms with van der Waals surface area (Å²) >= 11 is 5.65. The van der Waals surface area contributed by atoms with Crippen LogP contribution in [-0.2, 0) is 9.59 Å². The predicted molar refractivity (Wildman–Crippen MR) is 69.4 cm³/mol. The normalized spacial score (nSPS) is 11.8. The van der Waals surface area contributed by atoms with Gasteiger partial charge in [-0.05, 0) is 37.6 Å². The number of nitrogens with one attached hydrogen (secondary N) is 2. The second-order valence-corrected chi connectivity index (χ2v) is 4.47. The first-order valence-corrected chi connectivity index (χ1v) is 5.67. The van der Waals surface area contributed by atoms with Gasteiger partial charge in [-0.1, -0.05) is 0 Å². The molecule has 0 spiro atoms. The maximum atomic E-state index is 11.4. The fourth-order valence-electron chi connectivity index (χ4n) is 1.31. The zero-order valence-electron chi connectivity index (χ0n) is 10.0. The smallest absolute Gasteiger partial charge is 0.242 e. The molecule has 0 aliphatic carbocycles. The lowest BCUT2D eigenvalue weighted by Gasteiger charge is -2.10. The van der Waals surface area contributed by atoms with E-state index in [0.717, 1.165) is 11.3 Å². The van der Waals surface area contributed by atoms with E-state index < -0.39 is 5.38 Å². The van der Waals surface area contributed by atoms with Gasteiger partial charge >= 0.3 is 0 Å². The summed E-state index contributed by atoms with van der Waals surface area (Å²) in [5.74, 6) is -0.377. The van der Waals surface area contributed by atoms with Crippen LogP contribution in [0.3, 0.4) is 0 Å². The Morgan fingerprint density at radius 3 is 2.41 bits per heavy atom. The fraction of sp³-hybridized carbons (Fsp3) is 0.333. The minimum atomic E-state index is -0.578. The van der Waals surface area contributed by atoms with E-state index in [2.05, 4.69) is 10.6 Å². The number of alkyl halides is 1. The third kappa shape index (κ3) is 4.07. The summed E-state index contributed by atoms with van der Waals surface area (Å²) in [6.45, 7) is 4.91. The monoisotopic (exact) mass is 254 g/mol. The van der Waals surface area contributed by atoms with E-state index in [1.165, 1.54) is 6.92 Å². The Morgan fingerprint density at radius 2 is 1.94 bits per heavy atom. The third-order valence-corrected chi connectivity index (χ3v) is 2.36. The van der Waals surface area contributed by atoms with Crippen molar-refractivity contribution in [2.45, 2.75) is 26.1 Å². The van der Waals surface area contributed by atoms with Gasteiger partial charge in [0.15, 0.2) is 0 Å². The van der Waals surface area contributed by atoms with Crippen molar-refractivity contribution < 1.29 is 9.59 Å². The maximum absolute atomic E-state index is 11.4. The molecule has 4 nitrogen and oxygen atoms in total. The van der Waals surface area contributed by atoms with Crippen molar-refractivity contribution in [1.82, 2.24) is 0 Å². The Bertz CT molecular complexity index is 444. The molecule has 0 radical (unpaired) electrons. The highest BCUT2D eigenvalue weighted by atomic mass is 35.5. The molecule has 0 aliphatic rings. The molecule has 0 aromatic heterocycles. The molecule has 5 heteroatoms. The van der Waals surface area contributed by atoms with Crippen molar-refractivity contribution in [3.8, 4) is 0 Å². The molecule has 92 valence electrons. The van der Waals surface area contributed by atoms with Crippen molar-refractivity contribution in [2.75, 3.05) is 10.6 Å². The Morgan fingerprint density at radius 1 is 1.29 bits per heavy atom. The molecule has 2 N–H and O–H groups in total. The van der Waals surface area contributed by atoms with Gasteiger partial charge in [-0.15, -0.1) is 11.6 Å². The van der Waals surface area contributed by atoms with E-state index in [1.807, 2.05) is 6.92 Å². The number of benzene rings is 1. The van der Waals surface area contributed by atoms with Crippen molar-refractivity contribution >= 4 is 34.8 Å². The second-order valence-electron chi connectivity index (χ2n) is 3.82. The van der Waals surface area contributed by atoms with E-state index in [4.69, 9.17) is 11.6 Å². The first-order chi connectivity index (χ1) is 7.90. The molecule has 0 bridgehead atoms. The molecular formula is C12H15ClN2O2. The quantitative estimate of drug-likeness (QED) is 0.815. The zero-order valence-corrected chi connectivity index (χ0v) is 10.8. The summed E-state index contributed by atoms with van der Waals surface area (Å²) in [4.78, 5) is 22.3. The van der Waals surface area contributed by atoms with Gasteiger partial charge in [0, 0.05) is 18.3 Å². The summed E-state index contributed by atoms with van der Waals surface area (Å²) in [6, 6.07) is 5.24. The van der Waals surface area contributed by atoms with Crippen molar-refractivity contribution in [2.24, 2.45) is 0 Å². The topological polar surface area (TPSA) is 58.2 Å². The molecule has 1 rings (SSSR count). The minimum Gasteiger partial charge on any atom is -0.326 e. The van der Waals surface area contributed by atoms with Crippen molar-refractivity contribution in [1.29, 1.82) is 0 Å². The Labute approximate surface area is 105 Å². The number of carbonyl (C=O) groups is 2. The summed E-state index contributed by atoms with van der Waals surface area (Å²) in [5, 5.41) is 4.80. The standard InChI is InChI=1S/C12H15ClN2O2/c1-7-6-10(15-12(17)8(2)13)4-5-11(7)14-9(3)16/h4-6,8H,1-3H3,(H,14,16)(H,15,17)/t8-/m0/s1. The lowest BCUT2D eigenvalue weighted by molar-refractivity contribution is -0.116. The molecule has 0 aliphatic heterocycles. The van der Waals surface area contributed by atoms with Crippen LogP contribution in [0.4, 0.5) is 11.4 Å². The average Bonchev–Trinajstić information content (AvgIpc) is 2.21. The van der Waals surface area contributed by atoms with Gasteiger partial charge in [0.1, 0.15) is 5.38 Å². The number of hydrogen-bond acceptors (Lipinski definition) is 2. The number of amides is 2. The van der Waals surface area contributed by atoms with Crippen LogP contribution in [0.15, 0.2) is 18.2 Å². The summed E-state index contributed by atoms with van der Waals surface area (Å²) in [6.07, 6.45) is 0. The molecule has 1 aromatic carbocycles. The lowest BCUT2D eigenvalue weighted by Crippen LogP contribution is -2.20. The van der Waals surface area contributed by atoms with Crippen LogP contribution in [0, 0.1) is 6.92 Å². The molecule has 0 fully saturated rings. The summed E-state index contributed by atoms with van der Waals surface area (Å²) in [5.41, 5.74) is 2.27. The molecule has 1 aromatic rings. The van der Waals surface area contributed by atoms with Crippen LogP contribution in [0.2, 0.25) is 0 Å². The van der Waals surface area contributed by atoms with Gasteiger partial charge in [-0.3, -0.25) is 9.59 Å². The summed E-state index contributed by atoms with van der Waals surface area (Å²) < 4.78 is 0. The Kier molecular flexibility index (Phi) is 4.52. The van der Waals surface area contributed by atoms with Gasteiger partial charge in [0.25, 0.3) is 0 Å². The van der Waals surface area contributed by atoms with Gasteiger partial charge in [0.05, 0.1) is 0 Å². The number of rotatable bonds is 3. The van der Waals surface area contributed by atoms with Gasteiger partial charge in [-0.2, -0.15) is 0 Å². The number of anilines is 2. The number of aryl methyl sites for hydroxylation is 1. The van der Waals surface area contributed by atoms with Crippen LogP contribution in [0.5, 0.6) is 0 Å². The summed E-state index contributed by atoms with van der Waals surface area (Å²) in [7, 11) is 0. The minimum absolute atomic E-state index is 0.126. The van der Waals surface area contributed by atoms with Gasteiger partial charge in [-0.25, -0.2) is 0 Å². The van der Waals surface area contributed by atoms with Crippen LogP contribution in [-0.4, -0.2) is 17.2 Å². The first kappa shape index (κ1) is 13.5. The SMILES string of the molecule is CC(=O)Nc1ccc(NC(=O)[C@H](C)Cl)cc1C.